The maximum Gasteiger partial charge on any atom is 0.224 e. The molecular formula is C28H32N2O2S. The Labute approximate surface area is 201 Å². The van der Waals surface area contributed by atoms with Crippen LogP contribution in [0.3, 0.4) is 0 Å². The highest BCUT2D eigenvalue weighted by Gasteiger charge is 2.18. The van der Waals surface area contributed by atoms with E-state index in [-0.39, 0.29) is 11.8 Å². The van der Waals surface area contributed by atoms with E-state index in [1.165, 1.54) is 34.7 Å². The number of nitrogens with zero attached hydrogens (tertiary/aromatic N) is 1. The number of rotatable bonds is 7. The minimum Gasteiger partial charge on any atom is -0.326 e. The summed E-state index contributed by atoms with van der Waals surface area (Å²) in [6.07, 6.45) is 0. The predicted molar refractivity (Wildman–Crippen MR) is 139 cm³/mol. The lowest BCUT2D eigenvalue weighted by Gasteiger charge is -2.25. The second kappa shape index (κ2) is 10.7. The summed E-state index contributed by atoms with van der Waals surface area (Å²) in [5.74, 6) is 0.639. The molecule has 0 saturated carbocycles. The lowest BCUT2D eigenvalue weighted by Crippen LogP contribution is -2.28. The van der Waals surface area contributed by atoms with Gasteiger partial charge in [0.05, 0.1) is 12.2 Å². The Morgan fingerprint density at radius 1 is 0.818 bits per heavy atom. The van der Waals surface area contributed by atoms with Crippen LogP contribution in [0.15, 0.2) is 59.5 Å². The molecule has 0 bridgehead atoms. The fourth-order valence-corrected chi connectivity index (χ4v) is 5.03. The Morgan fingerprint density at radius 2 is 1.42 bits per heavy atom. The van der Waals surface area contributed by atoms with Crippen LogP contribution in [-0.2, 0) is 21.9 Å². The highest BCUT2D eigenvalue weighted by molar-refractivity contribution is 7.98. The lowest BCUT2D eigenvalue weighted by molar-refractivity contribution is -0.117. The second-order valence-corrected chi connectivity index (χ2v) is 9.63. The van der Waals surface area contributed by atoms with E-state index in [0.717, 1.165) is 27.6 Å². The molecule has 0 radical (unpaired) electrons. The maximum absolute atomic E-state index is 12.8. The van der Waals surface area contributed by atoms with E-state index in [2.05, 4.69) is 69.4 Å². The van der Waals surface area contributed by atoms with E-state index >= 15 is 0 Å². The van der Waals surface area contributed by atoms with Crippen LogP contribution in [0.5, 0.6) is 0 Å². The molecule has 33 heavy (non-hydrogen) atoms. The molecule has 2 amide bonds. The third-order valence-electron chi connectivity index (χ3n) is 5.66. The number of anilines is 2. The number of nitrogens with one attached hydrogen (secondary N) is 1. The molecule has 0 spiro atoms. The molecule has 5 heteroatoms. The number of hydrogen-bond acceptors (Lipinski definition) is 3. The molecule has 0 aliphatic carbocycles. The summed E-state index contributed by atoms with van der Waals surface area (Å²) in [7, 11) is 0. The van der Waals surface area contributed by atoms with Crippen LogP contribution in [0.2, 0.25) is 0 Å². The Balaban J connectivity index is 1.98. The monoisotopic (exact) mass is 460 g/mol. The summed E-state index contributed by atoms with van der Waals surface area (Å²) in [5, 5.41) is 2.87. The van der Waals surface area contributed by atoms with Gasteiger partial charge in [-0.05, 0) is 68.1 Å². The van der Waals surface area contributed by atoms with Crippen LogP contribution in [0, 0.1) is 27.7 Å². The molecular weight excluding hydrogens is 428 g/mol. The summed E-state index contributed by atoms with van der Waals surface area (Å²) in [6.45, 7) is 12.0. The molecule has 0 aromatic heterocycles. The minimum atomic E-state index is -0.119. The van der Waals surface area contributed by atoms with Crippen molar-refractivity contribution in [3.05, 3.63) is 88.0 Å². The molecule has 0 heterocycles. The zero-order chi connectivity index (χ0) is 24.1. The van der Waals surface area contributed by atoms with Gasteiger partial charge in [0.15, 0.2) is 0 Å². The summed E-state index contributed by atoms with van der Waals surface area (Å²) >= 11 is 1.68. The molecule has 0 aliphatic rings. The predicted octanol–water partition coefficient (Wildman–Crippen LogP) is 6.72. The Bertz CT molecular complexity index is 1190. The van der Waals surface area contributed by atoms with Crippen molar-refractivity contribution in [2.24, 2.45) is 0 Å². The third kappa shape index (κ3) is 6.48. The van der Waals surface area contributed by atoms with Crippen molar-refractivity contribution in [1.29, 1.82) is 0 Å². The largest absolute Gasteiger partial charge is 0.326 e. The fourth-order valence-electron chi connectivity index (χ4n) is 3.86. The van der Waals surface area contributed by atoms with E-state index in [1.54, 1.807) is 18.7 Å². The van der Waals surface area contributed by atoms with Gasteiger partial charge in [-0.1, -0.05) is 47.5 Å². The molecule has 3 rings (SSSR count). The first-order chi connectivity index (χ1) is 15.6. The van der Waals surface area contributed by atoms with Crippen LogP contribution in [-0.4, -0.2) is 11.8 Å². The van der Waals surface area contributed by atoms with Crippen molar-refractivity contribution >= 4 is 35.0 Å². The van der Waals surface area contributed by atoms with Gasteiger partial charge in [-0.15, -0.1) is 11.8 Å². The number of thioether (sulfide) groups is 1. The maximum atomic E-state index is 12.8. The average Bonchev–Trinajstić information content (AvgIpc) is 2.72. The zero-order valence-electron chi connectivity index (χ0n) is 20.3. The van der Waals surface area contributed by atoms with Gasteiger partial charge in [0.25, 0.3) is 0 Å². The molecule has 3 aromatic carbocycles. The summed E-state index contributed by atoms with van der Waals surface area (Å²) < 4.78 is 0. The molecule has 0 fully saturated rings. The van der Waals surface area contributed by atoms with E-state index in [0.29, 0.717) is 6.54 Å². The number of carbonyl (C=O) groups is 2. The second-order valence-electron chi connectivity index (χ2n) is 8.62. The SMILES string of the molecule is CC(=O)Nc1ccc(N(Cc2ccc(C)cc2C)C(C)=O)c(SCc2ccc(C)cc2C)c1. The first-order valence-corrected chi connectivity index (χ1v) is 12.1. The van der Waals surface area contributed by atoms with Crippen molar-refractivity contribution in [2.45, 2.75) is 58.7 Å². The standard InChI is InChI=1S/C28H32N2O2S/c1-18-7-9-24(20(3)13-18)16-30(23(6)32)27-12-11-26(29-22(5)31)15-28(27)33-17-25-10-8-19(2)14-21(25)4/h7-15H,16-17H2,1-6H3,(H,29,31). The summed E-state index contributed by atoms with van der Waals surface area (Å²) in [4.78, 5) is 27.2. The molecule has 3 aromatic rings. The van der Waals surface area contributed by atoms with Gasteiger partial charge < -0.3 is 10.2 Å². The number of aryl methyl sites for hydroxylation is 4. The topological polar surface area (TPSA) is 49.4 Å². The van der Waals surface area contributed by atoms with Gasteiger partial charge in [0.1, 0.15) is 0 Å². The number of hydrogen-bond donors (Lipinski definition) is 1. The Morgan fingerprint density at radius 3 is 1.97 bits per heavy atom. The van der Waals surface area contributed by atoms with Crippen molar-refractivity contribution < 1.29 is 9.59 Å². The van der Waals surface area contributed by atoms with E-state index in [9.17, 15) is 9.59 Å². The minimum absolute atomic E-state index is 0.0179. The highest BCUT2D eigenvalue weighted by atomic mass is 32.2. The van der Waals surface area contributed by atoms with Crippen LogP contribution in [0.4, 0.5) is 11.4 Å². The summed E-state index contributed by atoms with van der Waals surface area (Å²) in [6, 6.07) is 18.5. The summed E-state index contributed by atoms with van der Waals surface area (Å²) in [5.41, 5.74) is 8.82. The van der Waals surface area contributed by atoms with E-state index in [4.69, 9.17) is 0 Å². The Kier molecular flexibility index (Phi) is 7.98. The lowest BCUT2D eigenvalue weighted by atomic mass is 10.0. The fraction of sp³-hybridized carbons (Fsp3) is 0.286. The first-order valence-electron chi connectivity index (χ1n) is 11.1. The van der Waals surface area contributed by atoms with Crippen molar-refractivity contribution in [1.82, 2.24) is 0 Å². The van der Waals surface area contributed by atoms with E-state index < -0.39 is 0 Å². The normalized spacial score (nSPS) is 10.7. The molecule has 0 aliphatic heterocycles. The zero-order valence-corrected chi connectivity index (χ0v) is 21.1. The smallest absolute Gasteiger partial charge is 0.224 e. The van der Waals surface area contributed by atoms with Gasteiger partial charge in [-0.3, -0.25) is 9.59 Å². The molecule has 172 valence electrons. The average molecular weight is 461 g/mol. The molecule has 0 atom stereocenters. The number of carbonyl (C=O) groups excluding carboxylic acids is 2. The molecule has 1 N–H and O–H groups in total. The van der Waals surface area contributed by atoms with Crippen LogP contribution in [0.25, 0.3) is 0 Å². The van der Waals surface area contributed by atoms with Crippen LogP contribution in [0.1, 0.15) is 47.2 Å². The van der Waals surface area contributed by atoms with Gasteiger partial charge >= 0.3 is 0 Å². The Hall–Kier alpha value is -3.05. The molecule has 0 unspecified atom stereocenters. The quantitative estimate of drug-likeness (QED) is 0.398. The molecule has 0 saturated heterocycles. The van der Waals surface area contributed by atoms with Crippen molar-refractivity contribution in [3.8, 4) is 0 Å². The van der Waals surface area contributed by atoms with E-state index in [1.807, 2.05) is 23.1 Å². The van der Waals surface area contributed by atoms with Crippen LogP contribution >= 0.6 is 11.8 Å². The van der Waals surface area contributed by atoms with Crippen LogP contribution < -0.4 is 10.2 Å². The number of amides is 2. The van der Waals surface area contributed by atoms with Gasteiger partial charge in [-0.25, -0.2) is 0 Å². The van der Waals surface area contributed by atoms with Gasteiger partial charge in [0.2, 0.25) is 11.8 Å². The third-order valence-corrected chi connectivity index (χ3v) is 6.75. The van der Waals surface area contributed by atoms with Gasteiger partial charge in [-0.2, -0.15) is 0 Å². The van der Waals surface area contributed by atoms with Crippen molar-refractivity contribution in [3.63, 3.8) is 0 Å². The highest BCUT2D eigenvalue weighted by Crippen LogP contribution is 2.36. The molecule has 4 nitrogen and oxygen atoms in total. The van der Waals surface area contributed by atoms with Gasteiger partial charge in [0, 0.05) is 30.2 Å². The number of benzene rings is 3. The first kappa shape index (κ1) is 24.6. The van der Waals surface area contributed by atoms with Crippen molar-refractivity contribution in [2.75, 3.05) is 10.2 Å².